The van der Waals surface area contributed by atoms with E-state index in [9.17, 15) is 5.11 Å². The van der Waals surface area contributed by atoms with Gasteiger partial charge in [-0.05, 0) is 31.7 Å². The minimum Gasteiger partial charge on any atom is -0.387 e. The van der Waals surface area contributed by atoms with E-state index in [0.717, 1.165) is 19.3 Å². The van der Waals surface area contributed by atoms with Gasteiger partial charge in [0.2, 0.25) is 0 Å². The average Bonchev–Trinajstić information content (AvgIpc) is 2.28. The van der Waals surface area contributed by atoms with Crippen molar-refractivity contribution < 1.29 is 9.84 Å². The fraction of sp³-hybridized carbons (Fsp3) is 1.00. The zero-order valence-electron chi connectivity index (χ0n) is 10.6. The fourth-order valence-electron chi connectivity index (χ4n) is 2.86. The molecule has 1 fully saturated rings. The summed E-state index contributed by atoms with van der Waals surface area (Å²) in [7, 11) is 1.66. The first-order valence-electron chi connectivity index (χ1n) is 6.61. The van der Waals surface area contributed by atoms with Crippen LogP contribution < -0.4 is 5.73 Å². The minimum absolute atomic E-state index is 0.448. The van der Waals surface area contributed by atoms with Gasteiger partial charge in [0, 0.05) is 7.11 Å². The molecule has 0 aliphatic heterocycles. The van der Waals surface area contributed by atoms with Crippen molar-refractivity contribution >= 4 is 0 Å². The van der Waals surface area contributed by atoms with Crippen LogP contribution in [-0.2, 0) is 4.74 Å². The maximum Gasteiger partial charge on any atom is 0.0883 e. The second-order valence-electron chi connectivity index (χ2n) is 5.26. The Bertz CT molecular complexity index is 181. The van der Waals surface area contributed by atoms with Crippen LogP contribution in [0.1, 0.15) is 51.4 Å². The lowest BCUT2D eigenvalue weighted by atomic mass is 9.79. The van der Waals surface area contributed by atoms with Crippen molar-refractivity contribution in [2.75, 3.05) is 20.3 Å². The Morgan fingerprint density at radius 3 is 2.56 bits per heavy atom. The highest BCUT2D eigenvalue weighted by Crippen LogP contribution is 2.32. The van der Waals surface area contributed by atoms with Gasteiger partial charge in [-0.3, -0.25) is 0 Å². The summed E-state index contributed by atoms with van der Waals surface area (Å²) >= 11 is 0. The van der Waals surface area contributed by atoms with E-state index in [2.05, 4.69) is 0 Å². The maximum atomic E-state index is 10.5. The highest BCUT2D eigenvalue weighted by molar-refractivity contribution is 4.83. The second kappa shape index (κ2) is 7.25. The molecule has 1 rings (SSSR count). The van der Waals surface area contributed by atoms with E-state index in [1.165, 1.54) is 32.1 Å². The summed E-state index contributed by atoms with van der Waals surface area (Å²) in [5.41, 5.74) is 4.87. The first-order chi connectivity index (χ1) is 7.70. The van der Waals surface area contributed by atoms with Crippen molar-refractivity contribution in [3.8, 4) is 0 Å². The molecule has 0 heterocycles. The largest absolute Gasteiger partial charge is 0.387 e. The summed E-state index contributed by atoms with van der Waals surface area (Å²) in [4.78, 5) is 0. The number of hydrogen-bond donors (Lipinski definition) is 2. The number of methoxy groups -OCH3 is 1. The Kier molecular flexibility index (Phi) is 6.32. The van der Waals surface area contributed by atoms with E-state index < -0.39 is 5.60 Å². The molecule has 1 aliphatic carbocycles. The first-order valence-corrected chi connectivity index (χ1v) is 6.61. The second-order valence-corrected chi connectivity index (χ2v) is 5.26. The molecule has 3 heteroatoms. The normalized spacial score (nSPS) is 21.9. The van der Waals surface area contributed by atoms with Crippen molar-refractivity contribution in [2.45, 2.75) is 57.0 Å². The van der Waals surface area contributed by atoms with Gasteiger partial charge >= 0.3 is 0 Å². The van der Waals surface area contributed by atoms with Crippen molar-refractivity contribution in [1.29, 1.82) is 0 Å². The molecule has 0 aromatic carbocycles. The van der Waals surface area contributed by atoms with Crippen LogP contribution in [0.15, 0.2) is 0 Å². The van der Waals surface area contributed by atoms with Gasteiger partial charge in [0.05, 0.1) is 12.2 Å². The summed E-state index contributed by atoms with van der Waals surface area (Å²) in [5, 5.41) is 10.5. The number of aliphatic hydroxyl groups is 1. The maximum absolute atomic E-state index is 10.5. The quantitative estimate of drug-likeness (QED) is 0.702. The summed E-state index contributed by atoms with van der Waals surface area (Å²) < 4.78 is 5.15. The van der Waals surface area contributed by atoms with Gasteiger partial charge in [-0.15, -0.1) is 0 Å². The molecule has 0 aromatic rings. The van der Waals surface area contributed by atoms with Crippen LogP contribution in [-0.4, -0.2) is 31.0 Å². The van der Waals surface area contributed by atoms with E-state index in [1.54, 1.807) is 7.11 Å². The Balaban J connectivity index is 2.40. The van der Waals surface area contributed by atoms with Crippen LogP contribution in [0.25, 0.3) is 0 Å². The molecular formula is C13H27NO2. The fourth-order valence-corrected chi connectivity index (χ4v) is 2.86. The summed E-state index contributed by atoms with van der Waals surface area (Å²) in [5.74, 6) is 0.687. The van der Waals surface area contributed by atoms with E-state index in [1.807, 2.05) is 0 Å². The zero-order valence-corrected chi connectivity index (χ0v) is 10.6. The number of nitrogens with two attached hydrogens (primary N) is 1. The molecular weight excluding hydrogens is 202 g/mol. The first kappa shape index (κ1) is 13.9. The van der Waals surface area contributed by atoms with Crippen LogP contribution in [0, 0.1) is 5.92 Å². The predicted molar refractivity (Wildman–Crippen MR) is 66.3 cm³/mol. The van der Waals surface area contributed by atoms with Gasteiger partial charge in [0.1, 0.15) is 0 Å². The third-order valence-electron chi connectivity index (χ3n) is 3.65. The van der Waals surface area contributed by atoms with Crippen LogP contribution in [0.3, 0.4) is 0 Å². The molecule has 3 N–H and O–H groups in total. The van der Waals surface area contributed by atoms with Crippen LogP contribution in [0.4, 0.5) is 0 Å². The molecule has 1 aliphatic rings. The number of hydrogen-bond acceptors (Lipinski definition) is 3. The van der Waals surface area contributed by atoms with E-state index in [-0.39, 0.29) is 0 Å². The Morgan fingerprint density at radius 1 is 1.31 bits per heavy atom. The van der Waals surface area contributed by atoms with Gasteiger partial charge in [0.15, 0.2) is 0 Å². The Hall–Kier alpha value is -0.120. The van der Waals surface area contributed by atoms with Gasteiger partial charge in [-0.1, -0.05) is 32.1 Å². The van der Waals surface area contributed by atoms with E-state index in [4.69, 9.17) is 10.5 Å². The lowest BCUT2D eigenvalue weighted by Gasteiger charge is -2.33. The van der Waals surface area contributed by atoms with Crippen LogP contribution in [0.5, 0.6) is 0 Å². The molecule has 0 radical (unpaired) electrons. The van der Waals surface area contributed by atoms with Crippen molar-refractivity contribution in [1.82, 2.24) is 0 Å². The molecule has 16 heavy (non-hydrogen) atoms. The van der Waals surface area contributed by atoms with Crippen LogP contribution >= 0.6 is 0 Å². The third-order valence-corrected chi connectivity index (χ3v) is 3.65. The minimum atomic E-state index is -0.643. The van der Waals surface area contributed by atoms with Gasteiger partial charge in [-0.2, -0.15) is 0 Å². The lowest BCUT2D eigenvalue weighted by molar-refractivity contribution is -0.0570. The summed E-state index contributed by atoms with van der Waals surface area (Å²) in [6.07, 6.45) is 9.10. The Morgan fingerprint density at radius 2 is 2.00 bits per heavy atom. The van der Waals surface area contributed by atoms with Crippen molar-refractivity contribution in [3.05, 3.63) is 0 Å². The van der Waals surface area contributed by atoms with E-state index in [0.29, 0.717) is 19.1 Å². The number of rotatable bonds is 7. The lowest BCUT2D eigenvalue weighted by Crippen LogP contribution is -2.37. The molecule has 0 aromatic heterocycles. The van der Waals surface area contributed by atoms with Gasteiger partial charge in [-0.25, -0.2) is 0 Å². The van der Waals surface area contributed by atoms with Crippen molar-refractivity contribution in [2.24, 2.45) is 11.7 Å². The molecule has 96 valence electrons. The molecule has 1 saturated carbocycles. The third kappa shape index (κ3) is 4.81. The SMILES string of the molecule is COCC(O)(CCCN)CC1CCCCC1. The smallest absolute Gasteiger partial charge is 0.0883 e. The highest BCUT2D eigenvalue weighted by Gasteiger charge is 2.30. The molecule has 1 unspecified atom stereocenters. The molecule has 3 nitrogen and oxygen atoms in total. The van der Waals surface area contributed by atoms with Crippen molar-refractivity contribution in [3.63, 3.8) is 0 Å². The summed E-state index contributed by atoms with van der Waals surface area (Å²) in [6, 6.07) is 0. The molecule has 0 bridgehead atoms. The Labute approximate surface area is 99.4 Å². The average molecular weight is 229 g/mol. The standard InChI is InChI=1S/C13H27NO2/c1-16-11-13(15,8-5-9-14)10-12-6-3-2-4-7-12/h12,15H,2-11,14H2,1H3. The number of ether oxygens (including phenoxy) is 1. The monoisotopic (exact) mass is 229 g/mol. The highest BCUT2D eigenvalue weighted by atomic mass is 16.5. The van der Waals surface area contributed by atoms with Gasteiger partial charge < -0.3 is 15.6 Å². The molecule has 1 atom stereocenters. The van der Waals surface area contributed by atoms with E-state index >= 15 is 0 Å². The molecule has 0 saturated heterocycles. The molecule has 0 spiro atoms. The van der Waals surface area contributed by atoms with Gasteiger partial charge in [0.25, 0.3) is 0 Å². The zero-order chi connectivity index (χ0) is 11.9. The molecule has 0 amide bonds. The summed E-state index contributed by atoms with van der Waals surface area (Å²) in [6.45, 7) is 1.10. The predicted octanol–water partition coefficient (Wildman–Crippen LogP) is 2.07. The topological polar surface area (TPSA) is 55.5 Å². The van der Waals surface area contributed by atoms with Crippen LogP contribution in [0.2, 0.25) is 0 Å².